The van der Waals surface area contributed by atoms with Crippen LogP contribution < -0.4 is 5.32 Å². The second-order valence-corrected chi connectivity index (χ2v) is 6.67. The Bertz CT molecular complexity index is 442. The van der Waals surface area contributed by atoms with E-state index in [0.29, 0.717) is 16.9 Å². The first-order valence-corrected chi connectivity index (χ1v) is 7.04. The highest BCUT2D eigenvalue weighted by atomic mass is 79.9. The lowest BCUT2D eigenvalue weighted by molar-refractivity contribution is 0.326. The van der Waals surface area contributed by atoms with Crippen LogP contribution in [0, 0.1) is 17.0 Å². The normalized spacial score (nSPS) is 16.1. The number of benzene rings is 1. The van der Waals surface area contributed by atoms with E-state index in [1.807, 2.05) is 13.8 Å². The predicted octanol–water partition coefficient (Wildman–Crippen LogP) is 4.05. The van der Waals surface area contributed by atoms with Gasteiger partial charge in [-0.1, -0.05) is 13.8 Å². The maximum Gasteiger partial charge on any atom is 0.143 e. The summed E-state index contributed by atoms with van der Waals surface area (Å²) in [6.07, 6.45) is 2.83. The van der Waals surface area contributed by atoms with Crippen LogP contribution in [0.5, 0.6) is 0 Å². The second kappa shape index (κ2) is 5.25. The molecule has 0 radical (unpaired) electrons. The molecule has 0 amide bonds. The predicted molar refractivity (Wildman–Crippen MR) is 72.6 cm³/mol. The highest BCUT2D eigenvalue weighted by Crippen LogP contribution is 2.29. The molecule has 1 aromatic rings. The van der Waals surface area contributed by atoms with Crippen molar-refractivity contribution in [3.63, 3.8) is 0 Å². The average molecular weight is 318 g/mol. The summed E-state index contributed by atoms with van der Waals surface area (Å²) in [7, 11) is 0. The van der Waals surface area contributed by atoms with E-state index in [0.717, 1.165) is 6.54 Å². The first-order valence-electron chi connectivity index (χ1n) is 6.25. The molecule has 18 heavy (non-hydrogen) atoms. The lowest BCUT2D eigenvalue weighted by Gasteiger charge is -2.26. The Hall–Kier alpha value is -0.480. The molecule has 0 saturated heterocycles. The quantitative estimate of drug-likeness (QED) is 0.808. The van der Waals surface area contributed by atoms with Crippen LogP contribution in [0.15, 0.2) is 16.6 Å². The fourth-order valence-corrected chi connectivity index (χ4v) is 2.35. The molecular formula is C14H18BrF2N. The molecule has 0 aromatic heterocycles. The van der Waals surface area contributed by atoms with Gasteiger partial charge in [0.25, 0.3) is 0 Å². The molecule has 2 rings (SSSR count). The molecule has 1 aliphatic rings. The molecule has 0 aliphatic heterocycles. The molecule has 1 aliphatic carbocycles. The van der Waals surface area contributed by atoms with Gasteiger partial charge in [-0.2, -0.15) is 0 Å². The Morgan fingerprint density at radius 1 is 1.33 bits per heavy atom. The molecule has 1 fully saturated rings. The number of nitrogens with one attached hydrogen (secondary N) is 1. The maximum absolute atomic E-state index is 13.9. The van der Waals surface area contributed by atoms with Gasteiger partial charge in [-0.15, -0.1) is 0 Å². The molecule has 1 aromatic carbocycles. The topological polar surface area (TPSA) is 12.0 Å². The molecule has 1 saturated carbocycles. The van der Waals surface area contributed by atoms with Gasteiger partial charge in [0.1, 0.15) is 11.6 Å². The van der Waals surface area contributed by atoms with Crippen molar-refractivity contribution < 1.29 is 8.78 Å². The molecule has 0 unspecified atom stereocenters. The molecular weight excluding hydrogens is 300 g/mol. The first kappa shape index (κ1) is 13.9. The summed E-state index contributed by atoms with van der Waals surface area (Å²) in [6, 6.07) is 3.33. The van der Waals surface area contributed by atoms with E-state index in [4.69, 9.17) is 0 Å². The molecule has 0 atom stereocenters. The van der Waals surface area contributed by atoms with Crippen molar-refractivity contribution in [2.45, 2.75) is 39.2 Å². The van der Waals surface area contributed by atoms with Gasteiger partial charge in [0, 0.05) is 18.2 Å². The zero-order valence-corrected chi connectivity index (χ0v) is 12.3. The van der Waals surface area contributed by atoms with Gasteiger partial charge < -0.3 is 5.32 Å². The van der Waals surface area contributed by atoms with Crippen molar-refractivity contribution >= 4 is 15.9 Å². The third-order valence-corrected chi connectivity index (χ3v) is 3.85. The maximum atomic E-state index is 13.9. The van der Waals surface area contributed by atoms with Crippen LogP contribution in [0.1, 0.15) is 32.3 Å². The molecule has 1 nitrogen and oxygen atoms in total. The van der Waals surface area contributed by atoms with Crippen molar-refractivity contribution in [3.8, 4) is 0 Å². The number of rotatable bonds is 5. The van der Waals surface area contributed by atoms with Gasteiger partial charge in [0.2, 0.25) is 0 Å². The van der Waals surface area contributed by atoms with Crippen molar-refractivity contribution in [2.75, 3.05) is 6.54 Å². The Kier molecular flexibility index (Phi) is 4.07. The van der Waals surface area contributed by atoms with Crippen molar-refractivity contribution in [2.24, 2.45) is 5.41 Å². The molecule has 0 spiro atoms. The average Bonchev–Trinajstić information content (AvgIpc) is 3.11. The number of hydrogen-bond acceptors (Lipinski definition) is 1. The van der Waals surface area contributed by atoms with E-state index < -0.39 is 11.6 Å². The SMILES string of the molecule is CC(C)(CNC1CC1)Cc1c(F)ccc(Br)c1F. The van der Waals surface area contributed by atoms with Gasteiger partial charge in [0.15, 0.2) is 0 Å². The van der Waals surface area contributed by atoms with Crippen LogP contribution in [0.4, 0.5) is 8.78 Å². The third-order valence-electron chi connectivity index (χ3n) is 3.24. The largest absolute Gasteiger partial charge is 0.313 e. The van der Waals surface area contributed by atoms with E-state index in [1.54, 1.807) is 0 Å². The summed E-state index contributed by atoms with van der Waals surface area (Å²) in [5, 5.41) is 3.41. The lowest BCUT2D eigenvalue weighted by atomic mass is 9.85. The number of halogens is 3. The van der Waals surface area contributed by atoms with Gasteiger partial charge >= 0.3 is 0 Å². The van der Waals surface area contributed by atoms with Gasteiger partial charge in [0.05, 0.1) is 4.47 Å². The van der Waals surface area contributed by atoms with Crippen LogP contribution >= 0.6 is 15.9 Å². The Balaban J connectivity index is 2.09. The molecule has 4 heteroatoms. The fourth-order valence-electron chi connectivity index (χ4n) is 1.98. The van der Waals surface area contributed by atoms with E-state index in [1.165, 1.54) is 25.0 Å². The summed E-state index contributed by atoms with van der Waals surface area (Å²) in [6.45, 7) is 4.84. The van der Waals surface area contributed by atoms with Crippen LogP contribution in [0.2, 0.25) is 0 Å². The minimum absolute atomic E-state index is 0.162. The van der Waals surface area contributed by atoms with E-state index >= 15 is 0 Å². The van der Waals surface area contributed by atoms with Crippen molar-refractivity contribution in [1.29, 1.82) is 0 Å². The van der Waals surface area contributed by atoms with Crippen LogP contribution in [0.3, 0.4) is 0 Å². The highest BCUT2D eigenvalue weighted by molar-refractivity contribution is 9.10. The molecule has 0 heterocycles. The summed E-state index contributed by atoms with van der Waals surface area (Å²) < 4.78 is 27.9. The third kappa shape index (κ3) is 3.51. The van der Waals surface area contributed by atoms with E-state index in [-0.39, 0.29) is 11.0 Å². The number of hydrogen-bond donors (Lipinski definition) is 1. The van der Waals surface area contributed by atoms with E-state index in [9.17, 15) is 8.78 Å². The zero-order valence-electron chi connectivity index (χ0n) is 10.7. The summed E-state index contributed by atoms with van der Waals surface area (Å²) in [5.74, 6) is -0.940. The van der Waals surface area contributed by atoms with Gasteiger partial charge in [-0.3, -0.25) is 0 Å². The minimum atomic E-state index is -0.477. The second-order valence-electron chi connectivity index (χ2n) is 5.82. The smallest absolute Gasteiger partial charge is 0.143 e. The summed E-state index contributed by atoms with van der Waals surface area (Å²) >= 11 is 3.10. The van der Waals surface area contributed by atoms with Crippen LogP contribution in [-0.4, -0.2) is 12.6 Å². The Morgan fingerprint density at radius 2 is 2.00 bits per heavy atom. The summed E-state index contributed by atoms with van der Waals surface area (Å²) in [4.78, 5) is 0. The van der Waals surface area contributed by atoms with Gasteiger partial charge in [-0.05, 0) is 52.7 Å². The molecule has 0 bridgehead atoms. The van der Waals surface area contributed by atoms with Gasteiger partial charge in [-0.25, -0.2) is 8.78 Å². The first-order chi connectivity index (χ1) is 8.39. The highest BCUT2D eigenvalue weighted by Gasteiger charge is 2.27. The van der Waals surface area contributed by atoms with E-state index in [2.05, 4.69) is 21.2 Å². The summed E-state index contributed by atoms with van der Waals surface area (Å²) in [5.41, 5.74) is 0.0115. The van der Waals surface area contributed by atoms with Crippen LogP contribution in [0.25, 0.3) is 0 Å². The standard InChI is InChI=1S/C14H18BrF2N/c1-14(2,8-18-9-3-4-9)7-10-12(16)6-5-11(15)13(10)17/h5-6,9,18H,3-4,7-8H2,1-2H3. The molecule has 100 valence electrons. The molecule has 1 N–H and O–H groups in total. The minimum Gasteiger partial charge on any atom is -0.313 e. The zero-order chi connectivity index (χ0) is 13.3. The lowest BCUT2D eigenvalue weighted by Crippen LogP contribution is -2.33. The Labute approximate surface area is 115 Å². The monoisotopic (exact) mass is 317 g/mol. The van der Waals surface area contributed by atoms with Crippen molar-refractivity contribution in [3.05, 3.63) is 33.8 Å². The fraction of sp³-hybridized carbons (Fsp3) is 0.571. The Morgan fingerprint density at radius 3 is 2.61 bits per heavy atom. The van der Waals surface area contributed by atoms with Crippen molar-refractivity contribution in [1.82, 2.24) is 5.32 Å². The van der Waals surface area contributed by atoms with Crippen LogP contribution in [-0.2, 0) is 6.42 Å².